The lowest BCUT2D eigenvalue weighted by Crippen LogP contribution is -2.51. The fourth-order valence-corrected chi connectivity index (χ4v) is 6.31. The summed E-state index contributed by atoms with van der Waals surface area (Å²) in [7, 11) is 0. The van der Waals surface area contributed by atoms with Gasteiger partial charge in [-0.15, -0.1) is 13.2 Å². The third kappa shape index (κ3) is 9.10. The Hall–Kier alpha value is -4.44. The summed E-state index contributed by atoms with van der Waals surface area (Å²) < 4.78 is 11.2. The molecule has 252 valence electrons. The molecule has 0 aromatic heterocycles. The summed E-state index contributed by atoms with van der Waals surface area (Å²) in [4.78, 5) is 53.9. The number of likely N-dealkylation sites (tertiary alicyclic amines) is 1. The standard InChI is InChI=1S/C37H47N3O7/c1-5-7-19-32(38-36(45)46-23-31-29-17-10-8-15-27(29)28-16-9-11-18-30(28)31)35(44)47-24-37(3,4)39-34(43)25(13-6-2)21-33(42)40-20-12-14-26(40)22-41/h5-6,8-11,15-18,25-26,31-32,41H,1-2,7,12-14,19-24H2,3-4H3,(H,38,45)(H,39,43)/t25-,26+,32+/m1/s1. The number of aliphatic hydroxyl groups excluding tert-OH is 1. The van der Waals surface area contributed by atoms with E-state index < -0.39 is 29.6 Å². The van der Waals surface area contributed by atoms with Gasteiger partial charge in [-0.1, -0.05) is 60.7 Å². The highest BCUT2D eigenvalue weighted by atomic mass is 16.6. The fraction of sp³-hybridized carbons (Fsp3) is 0.459. The second-order valence-electron chi connectivity index (χ2n) is 12.9. The van der Waals surface area contributed by atoms with Crippen molar-refractivity contribution in [1.29, 1.82) is 0 Å². The lowest BCUT2D eigenvalue weighted by Gasteiger charge is -2.30. The largest absolute Gasteiger partial charge is 0.462 e. The maximum absolute atomic E-state index is 13.2. The number of amides is 3. The predicted octanol–water partition coefficient (Wildman–Crippen LogP) is 4.86. The number of rotatable bonds is 16. The summed E-state index contributed by atoms with van der Waals surface area (Å²) in [6.45, 7) is 11.3. The zero-order chi connectivity index (χ0) is 34.0. The molecule has 3 atom stereocenters. The summed E-state index contributed by atoms with van der Waals surface area (Å²) in [5, 5.41) is 15.1. The summed E-state index contributed by atoms with van der Waals surface area (Å²) >= 11 is 0. The average molecular weight is 646 g/mol. The summed E-state index contributed by atoms with van der Waals surface area (Å²) in [6.07, 6.45) is 5.05. The Bertz CT molecular complexity index is 1410. The van der Waals surface area contributed by atoms with Gasteiger partial charge in [-0.25, -0.2) is 9.59 Å². The molecule has 3 amide bonds. The topological polar surface area (TPSA) is 134 Å². The number of ether oxygens (including phenoxy) is 2. The van der Waals surface area contributed by atoms with Gasteiger partial charge in [-0.2, -0.15) is 0 Å². The quantitative estimate of drug-likeness (QED) is 0.175. The van der Waals surface area contributed by atoms with Crippen LogP contribution in [0.1, 0.15) is 69.4 Å². The van der Waals surface area contributed by atoms with Crippen molar-refractivity contribution < 1.29 is 33.8 Å². The third-order valence-corrected chi connectivity index (χ3v) is 8.77. The van der Waals surface area contributed by atoms with Gasteiger partial charge in [0.05, 0.1) is 24.1 Å². The first-order valence-corrected chi connectivity index (χ1v) is 16.3. The predicted molar refractivity (Wildman–Crippen MR) is 179 cm³/mol. The minimum absolute atomic E-state index is 0.0160. The Morgan fingerprint density at radius 1 is 1.02 bits per heavy atom. The van der Waals surface area contributed by atoms with Crippen molar-refractivity contribution in [3.05, 3.63) is 85.0 Å². The molecule has 1 aliphatic carbocycles. The van der Waals surface area contributed by atoms with Crippen LogP contribution >= 0.6 is 0 Å². The van der Waals surface area contributed by atoms with Crippen LogP contribution in [0.4, 0.5) is 4.79 Å². The molecule has 4 rings (SSSR count). The highest BCUT2D eigenvalue weighted by molar-refractivity contribution is 5.87. The molecule has 2 aliphatic rings. The van der Waals surface area contributed by atoms with Gasteiger partial charge >= 0.3 is 12.1 Å². The lowest BCUT2D eigenvalue weighted by molar-refractivity contribution is -0.149. The average Bonchev–Trinajstić information content (AvgIpc) is 3.67. The number of alkyl carbamates (subject to hydrolysis) is 1. The Morgan fingerprint density at radius 2 is 1.68 bits per heavy atom. The number of benzene rings is 2. The lowest BCUT2D eigenvalue weighted by atomic mass is 9.97. The maximum atomic E-state index is 13.2. The van der Waals surface area contributed by atoms with Gasteiger partial charge in [-0.05, 0) is 68.2 Å². The third-order valence-electron chi connectivity index (χ3n) is 8.77. The number of fused-ring (bicyclic) bond motifs is 3. The summed E-state index contributed by atoms with van der Waals surface area (Å²) in [5.74, 6) is -1.99. The molecule has 1 saturated heterocycles. The fourth-order valence-electron chi connectivity index (χ4n) is 6.31. The van der Waals surface area contributed by atoms with E-state index in [1.54, 1.807) is 30.9 Å². The Balaban J connectivity index is 1.31. The van der Waals surface area contributed by atoms with Crippen LogP contribution < -0.4 is 10.6 Å². The molecule has 0 bridgehead atoms. The molecular formula is C37H47N3O7. The number of hydrogen-bond donors (Lipinski definition) is 3. The highest BCUT2D eigenvalue weighted by Gasteiger charge is 2.34. The van der Waals surface area contributed by atoms with E-state index in [9.17, 15) is 24.3 Å². The number of allylic oxidation sites excluding steroid dienone is 2. The second-order valence-corrected chi connectivity index (χ2v) is 12.9. The summed E-state index contributed by atoms with van der Waals surface area (Å²) in [6, 6.07) is 14.9. The van der Waals surface area contributed by atoms with Crippen LogP contribution in [0, 0.1) is 5.92 Å². The first kappa shape index (κ1) is 35.4. The first-order chi connectivity index (χ1) is 22.6. The van der Waals surface area contributed by atoms with E-state index >= 15 is 0 Å². The number of nitrogens with one attached hydrogen (secondary N) is 2. The van der Waals surface area contributed by atoms with Crippen molar-refractivity contribution in [2.45, 2.75) is 75.9 Å². The van der Waals surface area contributed by atoms with Gasteiger partial charge < -0.3 is 30.1 Å². The number of nitrogens with zero attached hydrogens (tertiary/aromatic N) is 1. The summed E-state index contributed by atoms with van der Waals surface area (Å²) in [5.41, 5.74) is 3.42. The van der Waals surface area contributed by atoms with Gasteiger partial charge in [0.2, 0.25) is 11.8 Å². The molecular weight excluding hydrogens is 598 g/mol. The SMILES string of the molecule is C=CCC[C@H](NC(=O)OCC1c2ccccc2-c2ccccc21)C(=O)OCC(C)(C)NC(=O)[C@H](CC=C)CC(=O)N1CCC[C@H]1CO. The minimum atomic E-state index is -0.985. The number of carbonyl (C=O) groups is 4. The molecule has 1 heterocycles. The van der Waals surface area contributed by atoms with E-state index in [-0.39, 0.29) is 56.4 Å². The van der Waals surface area contributed by atoms with E-state index in [0.29, 0.717) is 19.4 Å². The van der Waals surface area contributed by atoms with E-state index in [1.807, 2.05) is 36.4 Å². The van der Waals surface area contributed by atoms with E-state index in [0.717, 1.165) is 35.1 Å². The van der Waals surface area contributed by atoms with Crippen molar-refractivity contribution in [1.82, 2.24) is 15.5 Å². The molecule has 0 saturated carbocycles. The molecule has 1 aliphatic heterocycles. The van der Waals surface area contributed by atoms with Gasteiger partial charge in [0.25, 0.3) is 0 Å². The van der Waals surface area contributed by atoms with Crippen molar-refractivity contribution in [2.24, 2.45) is 5.92 Å². The number of carbonyl (C=O) groups excluding carboxylic acids is 4. The van der Waals surface area contributed by atoms with Gasteiger partial charge in [-0.3, -0.25) is 9.59 Å². The molecule has 10 heteroatoms. The Kier molecular flexibility index (Phi) is 12.4. The molecule has 3 N–H and O–H groups in total. The zero-order valence-electron chi connectivity index (χ0n) is 27.4. The van der Waals surface area contributed by atoms with Crippen molar-refractivity contribution in [2.75, 3.05) is 26.4 Å². The Labute approximate surface area is 277 Å². The van der Waals surface area contributed by atoms with Crippen LogP contribution in [0.5, 0.6) is 0 Å². The smallest absolute Gasteiger partial charge is 0.407 e. The first-order valence-electron chi connectivity index (χ1n) is 16.3. The van der Waals surface area contributed by atoms with Crippen LogP contribution in [-0.2, 0) is 23.9 Å². The number of hydrogen-bond acceptors (Lipinski definition) is 7. The van der Waals surface area contributed by atoms with Crippen molar-refractivity contribution in [3.63, 3.8) is 0 Å². The molecule has 10 nitrogen and oxygen atoms in total. The maximum Gasteiger partial charge on any atom is 0.407 e. The van der Waals surface area contributed by atoms with Crippen LogP contribution in [-0.4, -0.2) is 77.9 Å². The van der Waals surface area contributed by atoms with Crippen molar-refractivity contribution >= 4 is 23.9 Å². The van der Waals surface area contributed by atoms with Gasteiger partial charge in [0, 0.05) is 18.9 Å². The van der Waals surface area contributed by atoms with Crippen LogP contribution in [0.15, 0.2) is 73.8 Å². The molecule has 0 unspecified atom stereocenters. The zero-order valence-corrected chi connectivity index (χ0v) is 27.4. The Morgan fingerprint density at radius 3 is 2.30 bits per heavy atom. The van der Waals surface area contributed by atoms with Crippen LogP contribution in [0.2, 0.25) is 0 Å². The molecule has 1 fully saturated rings. The van der Waals surface area contributed by atoms with Gasteiger partial charge in [0.15, 0.2) is 0 Å². The molecule has 0 radical (unpaired) electrons. The van der Waals surface area contributed by atoms with E-state index in [1.165, 1.54) is 0 Å². The number of aliphatic hydroxyl groups is 1. The minimum Gasteiger partial charge on any atom is -0.462 e. The molecule has 2 aromatic rings. The van der Waals surface area contributed by atoms with Crippen LogP contribution in [0.25, 0.3) is 11.1 Å². The van der Waals surface area contributed by atoms with E-state index in [2.05, 4.69) is 35.9 Å². The number of esters is 1. The van der Waals surface area contributed by atoms with E-state index in [4.69, 9.17) is 9.47 Å². The second kappa shape index (κ2) is 16.4. The van der Waals surface area contributed by atoms with Gasteiger partial charge in [0.1, 0.15) is 19.3 Å². The molecule has 2 aromatic carbocycles. The molecule has 0 spiro atoms. The molecule has 47 heavy (non-hydrogen) atoms. The van der Waals surface area contributed by atoms with Crippen molar-refractivity contribution in [3.8, 4) is 11.1 Å². The highest BCUT2D eigenvalue weighted by Crippen LogP contribution is 2.44. The normalized spacial score (nSPS) is 16.7. The van der Waals surface area contributed by atoms with Crippen LogP contribution in [0.3, 0.4) is 0 Å². The monoisotopic (exact) mass is 645 g/mol.